The molecule has 0 atom stereocenters. The molecule has 1 fully saturated rings. The number of nitrogens with zero attached hydrogens (tertiary/aromatic N) is 3. The number of nitrogens with one attached hydrogen (secondary N) is 1. The highest BCUT2D eigenvalue weighted by molar-refractivity contribution is 5.49. The lowest BCUT2D eigenvalue weighted by atomic mass is 10.0. The highest BCUT2D eigenvalue weighted by Gasteiger charge is 2.23. The Morgan fingerprint density at radius 2 is 1.95 bits per heavy atom. The van der Waals surface area contributed by atoms with Crippen LogP contribution in [0.5, 0.6) is 0 Å². The van der Waals surface area contributed by atoms with E-state index >= 15 is 0 Å². The average molecular weight is 260 g/mol. The third-order valence-corrected chi connectivity index (χ3v) is 4.56. The van der Waals surface area contributed by atoms with Crippen LogP contribution >= 0.6 is 0 Å². The Balaban J connectivity index is 1.84. The first-order chi connectivity index (χ1) is 9.36. The van der Waals surface area contributed by atoms with Gasteiger partial charge in [-0.2, -0.15) is 0 Å². The van der Waals surface area contributed by atoms with E-state index in [1.54, 1.807) is 6.33 Å². The third-order valence-electron chi connectivity index (χ3n) is 4.56. The van der Waals surface area contributed by atoms with E-state index in [0.717, 1.165) is 25.3 Å². The summed E-state index contributed by atoms with van der Waals surface area (Å²) in [6.07, 6.45) is 10.9. The molecule has 1 saturated carbocycles. The van der Waals surface area contributed by atoms with Crippen molar-refractivity contribution in [2.75, 3.05) is 18.5 Å². The Bertz CT molecular complexity index is 424. The van der Waals surface area contributed by atoms with E-state index < -0.39 is 0 Å². The molecular formula is C15H24N4. The van der Waals surface area contributed by atoms with Gasteiger partial charge in [-0.25, -0.2) is 9.97 Å². The van der Waals surface area contributed by atoms with E-state index in [-0.39, 0.29) is 0 Å². The summed E-state index contributed by atoms with van der Waals surface area (Å²) in [5, 5.41) is 3.44. The largest absolute Gasteiger partial charge is 0.356 e. The molecule has 0 saturated heterocycles. The van der Waals surface area contributed by atoms with Crippen LogP contribution in [0, 0.1) is 0 Å². The second-order valence-electron chi connectivity index (χ2n) is 5.81. The number of aromatic nitrogens is 2. The summed E-state index contributed by atoms with van der Waals surface area (Å²) in [5.41, 5.74) is 2.56. The minimum Gasteiger partial charge on any atom is -0.356 e. The van der Waals surface area contributed by atoms with Crippen LogP contribution in [0.4, 0.5) is 5.82 Å². The fourth-order valence-electron chi connectivity index (χ4n) is 3.38. The van der Waals surface area contributed by atoms with E-state index in [1.165, 1.54) is 49.8 Å². The molecule has 1 aliphatic carbocycles. The van der Waals surface area contributed by atoms with Gasteiger partial charge in [0.05, 0.1) is 5.69 Å². The van der Waals surface area contributed by atoms with Gasteiger partial charge >= 0.3 is 0 Å². The van der Waals surface area contributed by atoms with Crippen molar-refractivity contribution in [3.63, 3.8) is 0 Å². The Morgan fingerprint density at radius 3 is 2.74 bits per heavy atom. The standard InChI is InChI=1S/C15H24N4/c1-19(12-6-4-2-3-5-7-12)15-13-10-16-9-8-14(13)17-11-18-15/h11-12,16H,2-10H2,1H3. The van der Waals surface area contributed by atoms with Gasteiger partial charge in [0.1, 0.15) is 12.1 Å². The van der Waals surface area contributed by atoms with Crippen LogP contribution in [-0.4, -0.2) is 29.6 Å². The minimum absolute atomic E-state index is 0.656. The normalized spacial score (nSPS) is 20.7. The molecule has 0 unspecified atom stereocenters. The molecule has 1 aliphatic heterocycles. The van der Waals surface area contributed by atoms with Gasteiger partial charge in [0.2, 0.25) is 0 Å². The van der Waals surface area contributed by atoms with Crippen LogP contribution < -0.4 is 10.2 Å². The summed E-state index contributed by atoms with van der Waals surface area (Å²) >= 11 is 0. The molecule has 19 heavy (non-hydrogen) atoms. The average Bonchev–Trinajstić information content (AvgIpc) is 2.75. The first-order valence-electron chi connectivity index (χ1n) is 7.62. The van der Waals surface area contributed by atoms with Crippen LogP contribution in [0.15, 0.2) is 6.33 Å². The van der Waals surface area contributed by atoms with Crippen molar-refractivity contribution >= 4 is 5.82 Å². The summed E-state index contributed by atoms with van der Waals surface area (Å²) in [6.45, 7) is 1.96. The Labute approximate surface area is 115 Å². The van der Waals surface area contributed by atoms with Crippen LogP contribution in [0.3, 0.4) is 0 Å². The summed E-state index contributed by atoms with van der Waals surface area (Å²) in [4.78, 5) is 11.4. The molecule has 4 nitrogen and oxygen atoms in total. The minimum atomic E-state index is 0.656. The van der Waals surface area contributed by atoms with E-state index in [1.807, 2.05) is 0 Å². The number of rotatable bonds is 2. The van der Waals surface area contributed by atoms with E-state index in [0.29, 0.717) is 6.04 Å². The highest BCUT2D eigenvalue weighted by Crippen LogP contribution is 2.28. The van der Waals surface area contributed by atoms with Gasteiger partial charge in [-0.15, -0.1) is 0 Å². The third kappa shape index (κ3) is 2.73. The van der Waals surface area contributed by atoms with Crippen LogP contribution in [0.1, 0.15) is 49.8 Å². The zero-order valence-corrected chi connectivity index (χ0v) is 11.9. The molecule has 0 spiro atoms. The molecule has 0 amide bonds. The molecule has 2 aliphatic rings. The van der Waals surface area contributed by atoms with Crippen LogP contribution in [0.25, 0.3) is 0 Å². The SMILES string of the molecule is CN(c1ncnc2c1CNCC2)C1CCCCCC1. The van der Waals surface area contributed by atoms with Gasteiger partial charge in [-0.05, 0) is 12.8 Å². The lowest BCUT2D eigenvalue weighted by Crippen LogP contribution is -2.35. The maximum atomic E-state index is 4.57. The Hall–Kier alpha value is -1.16. The quantitative estimate of drug-likeness (QED) is 0.828. The maximum Gasteiger partial charge on any atom is 0.136 e. The van der Waals surface area contributed by atoms with Gasteiger partial charge in [-0.1, -0.05) is 25.7 Å². The number of fused-ring (bicyclic) bond motifs is 1. The van der Waals surface area contributed by atoms with Crippen molar-refractivity contribution in [2.24, 2.45) is 0 Å². The second kappa shape index (κ2) is 5.87. The fourth-order valence-corrected chi connectivity index (χ4v) is 3.38. The van der Waals surface area contributed by atoms with E-state index in [9.17, 15) is 0 Å². The zero-order chi connectivity index (χ0) is 13.1. The topological polar surface area (TPSA) is 41.1 Å². The maximum absolute atomic E-state index is 4.57. The van der Waals surface area contributed by atoms with Crippen molar-refractivity contribution in [3.8, 4) is 0 Å². The van der Waals surface area contributed by atoms with E-state index in [4.69, 9.17) is 0 Å². The molecular weight excluding hydrogens is 236 g/mol. The van der Waals surface area contributed by atoms with Gasteiger partial charge < -0.3 is 10.2 Å². The Morgan fingerprint density at radius 1 is 1.16 bits per heavy atom. The molecule has 0 radical (unpaired) electrons. The van der Waals surface area contributed by atoms with Crippen LogP contribution in [0.2, 0.25) is 0 Å². The number of hydrogen-bond donors (Lipinski definition) is 1. The number of anilines is 1. The summed E-state index contributed by atoms with van der Waals surface area (Å²) in [7, 11) is 2.22. The molecule has 1 aromatic heterocycles. The summed E-state index contributed by atoms with van der Waals surface area (Å²) < 4.78 is 0. The highest BCUT2D eigenvalue weighted by atomic mass is 15.2. The molecule has 1 N–H and O–H groups in total. The predicted octanol–water partition coefficient (Wildman–Crippen LogP) is 2.28. The van der Waals surface area contributed by atoms with Gasteiger partial charge in [0.15, 0.2) is 0 Å². The molecule has 0 bridgehead atoms. The molecule has 4 heteroatoms. The molecule has 3 rings (SSSR count). The molecule has 0 aromatic carbocycles. The lowest BCUT2D eigenvalue weighted by Gasteiger charge is -2.31. The smallest absolute Gasteiger partial charge is 0.136 e. The first kappa shape index (κ1) is 12.9. The molecule has 2 heterocycles. The first-order valence-corrected chi connectivity index (χ1v) is 7.62. The van der Waals surface area contributed by atoms with Gasteiger partial charge in [0, 0.05) is 38.2 Å². The summed E-state index contributed by atoms with van der Waals surface area (Å²) in [6, 6.07) is 0.656. The van der Waals surface area contributed by atoms with Crippen molar-refractivity contribution in [3.05, 3.63) is 17.6 Å². The lowest BCUT2D eigenvalue weighted by molar-refractivity contribution is 0.541. The monoisotopic (exact) mass is 260 g/mol. The van der Waals surface area contributed by atoms with E-state index in [2.05, 4.69) is 27.2 Å². The fraction of sp³-hybridized carbons (Fsp3) is 0.733. The molecule has 104 valence electrons. The zero-order valence-electron chi connectivity index (χ0n) is 11.9. The second-order valence-corrected chi connectivity index (χ2v) is 5.81. The Kier molecular flexibility index (Phi) is 3.97. The van der Waals surface area contributed by atoms with Crippen molar-refractivity contribution in [2.45, 2.75) is 57.5 Å². The number of hydrogen-bond acceptors (Lipinski definition) is 4. The van der Waals surface area contributed by atoms with Gasteiger partial charge in [0.25, 0.3) is 0 Å². The van der Waals surface area contributed by atoms with Crippen LogP contribution in [-0.2, 0) is 13.0 Å². The van der Waals surface area contributed by atoms with Gasteiger partial charge in [-0.3, -0.25) is 0 Å². The van der Waals surface area contributed by atoms with Crippen molar-refractivity contribution < 1.29 is 0 Å². The predicted molar refractivity (Wildman–Crippen MR) is 77.3 cm³/mol. The van der Waals surface area contributed by atoms with Crippen molar-refractivity contribution in [1.82, 2.24) is 15.3 Å². The van der Waals surface area contributed by atoms with Crippen molar-refractivity contribution in [1.29, 1.82) is 0 Å². The summed E-state index contributed by atoms with van der Waals surface area (Å²) in [5.74, 6) is 1.16. The molecule has 1 aromatic rings.